The van der Waals surface area contributed by atoms with Crippen molar-refractivity contribution in [2.45, 2.75) is 18.9 Å². The molecule has 1 aromatic heterocycles. The number of carbonyl (C=O) groups is 1. The molecule has 0 aromatic carbocycles. The zero-order valence-corrected chi connectivity index (χ0v) is 11.8. The van der Waals surface area contributed by atoms with E-state index >= 15 is 0 Å². The van der Waals surface area contributed by atoms with Crippen LogP contribution < -0.4 is 15.8 Å². The van der Waals surface area contributed by atoms with E-state index in [1.54, 1.807) is 6.20 Å². The van der Waals surface area contributed by atoms with Gasteiger partial charge < -0.3 is 15.8 Å². The molecule has 0 radical (unpaired) electrons. The highest BCUT2D eigenvalue weighted by atomic mass is 16.5. The minimum Gasteiger partial charge on any atom is -0.490 e. The maximum atomic E-state index is 11.0. The third-order valence-electron chi connectivity index (χ3n) is 3.52. The Balaban J connectivity index is 1.85. The Morgan fingerprint density at radius 1 is 1.60 bits per heavy atom. The van der Waals surface area contributed by atoms with E-state index in [0.29, 0.717) is 19.2 Å². The largest absolute Gasteiger partial charge is 0.490 e. The van der Waals surface area contributed by atoms with E-state index in [4.69, 9.17) is 10.5 Å². The maximum absolute atomic E-state index is 11.0. The Kier molecular flexibility index (Phi) is 5.31. The van der Waals surface area contributed by atoms with E-state index < -0.39 is 0 Å². The second-order valence-electron chi connectivity index (χ2n) is 5.00. The molecule has 1 aliphatic heterocycles. The van der Waals surface area contributed by atoms with Gasteiger partial charge >= 0.3 is 0 Å². The van der Waals surface area contributed by atoms with Crippen LogP contribution in [0.1, 0.15) is 24.4 Å². The second-order valence-corrected chi connectivity index (χ2v) is 5.00. The number of hydrogen-bond donors (Lipinski definition) is 2. The molecule has 1 aliphatic rings. The summed E-state index contributed by atoms with van der Waals surface area (Å²) in [4.78, 5) is 17.5. The molecule has 6 heteroatoms. The number of pyridine rings is 1. The standard InChI is InChI=1S/C14H22N4O2/c1-18-5-2-3-13(18)11-7-12(10-16-9-11)20-6-4-17-14(19)8-15/h7,9-10,13H,2-6,8,15H2,1H3,(H,17,19). The van der Waals surface area contributed by atoms with Gasteiger partial charge in [0.25, 0.3) is 0 Å². The molecule has 1 fully saturated rings. The quantitative estimate of drug-likeness (QED) is 0.732. The summed E-state index contributed by atoms with van der Waals surface area (Å²) in [5.74, 6) is 0.567. The molecule has 1 aromatic rings. The van der Waals surface area contributed by atoms with Crippen molar-refractivity contribution in [3.8, 4) is 5.75 Å². The van der Waals surface area contributed by atoms with Crippen molar-refractivity contribution in [1.82, 2.24) is 15.2 Å². The van der Waals surface area contributed by atoms with Gasteiger partial charge in [0.15, 0.2) is 0 Å². The molecule has 0 saturated carbocycles. The summed E-state index contributed by atoms with van der Waals surface area (Å²) >= 11 is 0. The van der Waals surface area contributed by atoms with Crippen LogP contribution in [0, 0.1) is 0 Å². The molecule has 1 unspecified atom stereocenters. The monoisotopic (exact) mass is 278 g/mol. The van der Waals surface area contributed by atoms with Crippen molar-refractivity contribution in [2.24, 2.45) is 5.73 Å². The predicted molar refractivity (Wildman–Crippen MR) is 76.4 cm³/mol. The van der Waals surface area contributed by atoms with Crippen LogP contribution in [0.25, 0.3) is 0 Å². The summed E-state index contributed by atoms with van der Waals surface area (Å²) in [6, 6.07) is 2.47. The molecule has 2 rings (SSSR count). The Bertz CT molecular complexity index is 453. The van der Waals surface area contributed by atoms with Crippen molar-refractivity contribution in [2.75, 3.05) is 33.3 Å². The Morgan fingerprint density at radius 2 is 2.45 bits per heavy atom. The van der Waals surface area contributed by atoms with E-state index in [1.807, 2.05) is 12.3 Å². The summed E-state index contributed by atoms with van der Waals surface area (Å²) < 4.78 is 5.60. The number of nitrogens with zero attached hydrogens (tertiary/aromatic N) is 2. The van der Waals surface area contributed by atoms with Gasteiger partial charge in [0, 0.05) is 12.2 Å². The topological polar surface area (TPSA) is 80.5 Å². The third-order valence-corrected chi connectivity index (χ3v) is 3.52. The number of amides is 1. The van der Waals surface area contributed by atoms with Crippen LogP contribution in [-0.4, -0.2) is 49.1 Å². The first-order chi connectivity index (χ1) is 9.70. The number of rotatable bonds is 6. The number of nitrogens with one attached hydrogen (secondary N) is 1. The highest BCUT2D eigenvalue weighted by Crippen LogP contribution is 2.31. The molecule has 20 heavy (non-hydrogen) atoms. The van der Waals surface area contributed by atoms with Crippen LogP contribution in [0.3, 0.4) is 0 Å². The first-order valence-electron chi connectivity index (χ1n) is 6.95. The minimum absolute atomic E-state index is 0.00502. The fourth-order valence-corrected chi connectivity index (χ4v) is 2.46. The molecule has 2 heterocycles. The number of likely N-dealkylation sites (tertiary alicyclic amines) is 1. The van der Waals surface area contributed by atoms with Crippen molar-refractivity contribution in [1.29, 1.82) is 0 Å². The molecule has 1 amide bonds. The molecule has 1 atom stereocenters. The number of aromatic nitrogens is 1. The van der Waals surface area contributed by atoms with Crippen LogP contribution in [0.2, 0.25) is 0 Å². The number of carbonyl (C=O) groups excluding carboxylic acids is 1. The molecule has 6 nitrogen and oxygen atoms in total. The van der Waals surface area contributed by atoms with E-state index in [2.05, 4.69) is 22.2 Å². The zero-order valence-electron chi connectivity index (χ0n) is 11.8. The van der Waals surface area contributed by atoms with E-state index in [0.717, 1.165) is 18.7 Å². The molecule has 0 spiro atoms. The van der Waals surface area contributed by atoms with E-state index in [1.165, 1.54) is 12.0 Å². The number of hydrogen-bond acceptors (Lipinski definition) is 5. The van der Waals surface area contributed by atoms with Gasteiger partial charge in [0.1, 0.15) is 12.4 Å². The van der Waals surface area contributed by atoms with Gasteiger partial charge in [-0.2, -0.15) is 0 Å². The molecule has 110 valence electrons. The molecule has 0 aliphatic carbocycles. The summed E-state index contributed by atoms with van der Waals surface area (Å²) in [5.41, 5.74) is 6.39. The van der Waals surface area contributed by atoms with E-state index in [9.17, 15) is 4.79 Å². The third kappa shape index (κ3) is 3.91. The SMILES string of the molecule is CN1CCCC1c1cncc(OCCNC(=O)CN)c1. The Labute approximate surface area is 119 Å². The molecular weight excluding hydrogens is 256 g/mol. The fraction of sp³-hybridized carbons (Fsp3) is 0.571. The lowest BCUT2D eigenvalue weighted by Gasteiger charge is -2.19. The van der Waals surface area contributed by atoms with Gasteiger partial charge in [-0.3, -0.25) is 14.7 Å². The van der Waals surface area contributed by atoms with Crippen LogP contribution in [-0.2, 0) is 4.79 Å². The minimum atomic E-state index is -0.173. The highest BCUT2D eigenvalue weighted by Gasteiger charge is 2.22. The van der Waals surface area contributed by atoms with Crippen molar-refractivity contribution in [3.05, 3.63) is 24.0 Å². The van der Waals surface area contributed by atoms with Crippen molar-refractivity contribution >= 4 is 5.91 Å². The summed E-state index contributed by atoms with van der Waals surface area (Å²) in [5, 5.41) is 2.66. The Hall–Kier alpha value is -1.66. The van der Waals surface area contributed by atoms with Crippen LogP contribution in [0.5, 0.6) is 5.75 Å². The van der Waals surface area contributed by atoms with Crippen LogP contribution in [0.4, 0.5) is 0 Å². The lowest BCUT2D eigenvalue weighted by atomic mass is 10.1. The second kappa shape index (κ2) is 7.21. The fourth-order valence-electron chi connectivity index (χ4n) is 2.46. The average molecular weight is 278 g/mol. The summed E-state index contributed by atoms with van der Waals surface area (Å²) in [7, 11) is 2.13. The normalized spacial score (nSPS) is 19.0. The van der Waals surface area contributed by atoms with Crippen LogP contribution >= 0.6 is 0 Å². The lowest BCUT2D eigenvalue weighted by Crippen LogP contribution is -2.33. The maximum Gasteiger partial charge on any atom is 0.233 e. The Morgan fingerprint density at radius 3 is 3.15 bits per heavy atom. The van der Waals surface area contributed by atoms with Crippen molar-refractivity contribution in [3.63, 3.8) is 0 Å². The van der Waals surface area contributed by atoms with Gasteiger partial charge in [-0.15, -0.1) is 0 Å². The summed E-state index contributed by atoms with van der Waals surface area (Å²) in [6.45, 7) is 1.99. The van der Waals surface area contributed by atoms with Gasteiger partial charge in [-0.05, 0) is 38.1 Å². The van der Waals surface area contributed by atoms with Crippen LogP contribution in [0.15, 0.2) is 18.5 Å². The average Bonchev–Trinajstić information content (AvgIpc) is 2.90. The highest BCUT2D eigenvalue weighted by molar-refractivity contribution is 5.77. The predicted octanol–water partition coefficient (Wildman–Crippen LogP) is 0.302. The van der Waals surface area contributed by atoms with Gasteiger partial charge in [-0.1, -0.05) is 0 Å². The number of nitrogens with two attached hydrogens (primary N) is 1. The first-order valence-corrected chi connectivity index (χ1v) is 6.95. The lowest BCUT2D eigenvalue weighted by molar-refractivity contribution is -0.119. The molecular formula is C14H22N4O2. The van der Waals surface area contributed by atoms with Gasteiger partial charge in [0.2, 0.25) is 5.91 Å². The zero-order chi connectivity index (χ0) is 14.4. The summed E-state index contributed by atoms with van der Waals surface area (Å²) in [6.07, 6.45) is 5.98. The number of ether oxygens (including phenoxy) is 1. The molecule has 0 bridgehead atoms. The molecule has 3 N–H and O–H groups in total. The smallest absolute Gasteiger partial charge is 0.233 e. The van der Waals surface area contributed by atoms with Gasteiger partial charge in [0.05, 0.1) is 19.3 Å². The van der Waals surface area contributed by atoms with Crippen molar-refractivity contribution < 1.29 is 9.53 Å². The molecule has 1 saturated heterocycles. The van der Waals surface area contributed by atoms with E-state index in [-0.39, 0.29) is 12.5 Å². The van der Waals surface area contributed by atoms with Gasteiger partial charge in [-0.25, -0.2) is 0 Å². The first kappa shape index (κ1) is 14.7.